The lowest BCUT2D eigenvalue weighted by Gasteiger charge is -2.32. The lowest BCUT2D eigenvalue weighted by atomic mass is 9.96. The molecule has 0 bridgehead atoms. The number of amides is 1. The third kappa shape index (κ3) is 5.74. The van der Waals surface area contributed by atoms with Crippen molar-refractivity contribution in [3.05, 3.63) is 54.1 Å². The second kappa shape index (κ2) is 9.23. The molecule has 1 aliphatic heterocycles. The Kier molecular flexibility index (Phi) is 6.43. The average Bonchev–Trinajstić information content (AvgIpc) is 3.16. The maximum atomic E-state index is 12.3. The third-order valence-corrected chi connectivity index (χ3v) is 6.24. The first kappa shape index (κ1) is 21.6. The number of rotatable bonds is 6. The highest BCUT2D eigenvalue weighted by molar-refractivity contribution is 7.20. The first-order chi connectivity index (χ1) is 14.9. The Morgan fingerprint density at radius 2 is 1.84 bits per heavy atom. The molecule has 0 radical (unpaired) electrons. The molecular weight excluding hydrogens is 427 g/mol. The highest BCUT2D eigenvalue weighted by atomic mass is 32.1. The smallest absolute Gasteiger partial charge is 0.431 e. The van der Waals surface area contributed by atoms with Crippen molar-refractivity contribution in [3.63, 3.8) is 0 Å². The van der Waals surface area contributed by atoms with Crippen molar-refractivity contribution in [2.75, 3.05) is 19.6 Å². The van der Waals surface area contributed by atoms with Gasteiger partial charge in [0.2, 0.25) is 0 Å². The number of benzene rings is 2. The molecule has 1 N–H and O–H groups in total. The number of aromatic nitrogens is 1. The van der Waals surface area contributed by atoms with Crippen LogP contribution in [0.2, 0.25) is 0 Å². The van der Waals surface area contributed by atoms with Crippen molar-refractivity contribution in [2.24, 2.45) is 5.92 Å². The van der Waals surface area contributed by atoms with Crippen molar-refractivity contribution in [3.8, 4) is 10.9 Å². The molecule has 1 amide bonds. The molecule has 1 aromatic heterocycles. The van der Waals surface area contributed by atoms with Gasteiger partial charge in [-0.3, -0.25) is 9.69 Å². The fourth-order valence-corrected chi connectivity index (χ4v) is 4.44. The van der Waals surface area contributed by atoms with Gasteiger partial charge in [-0.1, -0.05) is 35.6 Å². The Morgan fingerprint density at radius 1 is 1.13 bits per heavy atom. The Labute approximate surface area is 181 Å². The summed E-state index contributed by atoms with van der Waals surface area (Å²) < 4.78 is 43.8. The van der Waals surface area contributed by atoms with E-state index < -0.39 is 12.1 Å². The van der Waals surface area contributed by atoms with Crippen molar-refractivity contribution >= 4 is 27.5 Å². The van der Waals surface area contributed by atoms with E-state index in [1.54, 1.807) is 0 Å². The number of nitrogens with one attached hydrogen (secondary N) is 1. The van der Waals surface area contributed by atoms with Gasteiger partial charge in [-0.05, 0) is 61.7 Å². The van der Waals surface area contributed by atoms with Gasteiger partial charge in [0.25, 0.3) is 5.19 Å². The van der Waals surface area contributed by atoms with Crippen LogP contribution in [0.15, 0.2) is 48.5 Å². The molecule has 3 aromatic rings. The Morgan fingerprint density at radius 3 is 2.52 bits per heavy atom. The number of carbonyl (C=O) groups is 1. The van der Waals surface area contributed by atoms with Gasteiger partial charge >= 0.3 is 12.1 Å². The van der Waals surface area contributed by atoms with Crippen LogP contribution in [0.5, 0.6) is 10.9 Å². The van der Waals surface area contributed by atoms with E-state index in [0.29, 0.717) is 5.19 Å². The molecule has 1 aliphatic rings. The monoisotopic (exact) mass is 449 g/mol. The molecule has 2 aromatic carbocycles. The molecule has 0 aliphatic carbocycles. The molecule has 4 rings (SSSR count). The van der Waals surface area contributed by atoms with Crippen LogP contribution in [0.25, 0.3) is 10.2 Å². The van der Waals surface area contributed by atoms with E-state index in [1.807, 2.05) is 53.8 Å². The molecule has 0 unspecified atom stereocenters. The van der Waals surface area contributed by atoms with Crippen LogP contribution in [0.1, 0.15) is 18.4 Å². The fraction of sp³-hybridized carbons (Fsp3) is 0.364. The van der Waals surface area contributed by atoms with Gasteiger partial charge in [0.05, 0.1) is 10.2 Å². The van der Waals surface area contributed by atoms with Gasteiger partial charge in [0, 0.05) is 13.1 Å². The Balaban J connectivity index is 1.24. The van der Waals surface area contributed by atoms with Crippen LogP contribution < -0.4 is 10.1 Å². The van der Waals surface area contributed by atoms with Gasteiger partial charge in [-0.15, -0.1) is 0 Å². The average molecular weight is 449 g/mol. The van der Waals surface area contributed by atoms with Gasteiger partial charge in [0.15, 0.2) is 0 Å². The van der Waals surface area contributed by atoms with E-state index in [2.05, 4.69) is 9.88 Å². The summed E-state index contributed by atoms with van der Waals surface area (Å²) in [5, 5.41) is 2.60. The zero-order valence-corrected chi connectivity index (χ0v) is 17.5. The number of para-hydroxylation sites is 1. The van der Waals surface area contributed by atoms with Gasteiger partial charge in [-0.25, -0.2) is 4.98 Å². The van der Waals surface area contributed by atoms with Crippen LogP contribution in [0.4, 0.5) is 13.2 Å². The number of ether oxygens (including phenoxy) is 1. The molecule has 2 heterocycles. The van der Waals surface area contributed by atoms with E-state index in [1.165, 1.54) is 11.3 Å². The summed E-state index contributed by atoms with van der Waals surface area (Å²) in [4.78, 5) is 17.7. The Hall–Kier alpha value is -2.65. The lowest BCUT2D eigenvalue weighted by Crippen LogP contribution is -2.42. The summed E-state index contributed by atoms with van der Waals surface area (Å²) in [7, 11) is 0. The van der Waals surface area contributed by atoms with E-state index in [9.17, 15) is 18.0 Å². The number of halogens is 3. The number of carbonyl (C=O) groups excluding carboxylic acids is 1. The summed E-state index contributed by atoms with van der Waals surface area (Å²) in [6.45, 7) is 2.42. The number of thiazole rings is 1. The second-order valence-electron chi connectivity index (χ2n) is 7.62. The molecule has 9 heteroatoms. The van der Waals surface area contributed by atoms with Gasteiger partial charge in [-0.2, -0.15) is 13.2 Å². The molecule has 0 spiro atoms. The van der Waals surface area contributed by atoms with Crippen LogP contribution >= 0.6 is 11.3 Å². The van der Waals surface area contributed by atoms with Crippen LogP contribution in [0.3, 0.4) is 0 Å². The highest BCUT2D eigenvalue weighted by Crippen LogP contribution is 2.31. The zero-order valence-electron chi connectivity index (χ0n) is 16.7. The fourth-order valence-electron chi connectivity index (χ4n) is 3.60. The summed E-state index contributed by atoms with van der Waals surface area (Å²) in [5.41, 5.74) is 2.06. The highest BCUT2D eigenvalue weighted by Gasteiger charge is 2.38. The summed E-state index contributed by atoms with van der Waals surface area (Å²) in [5.74, 6) is -1.06. The minimum absolute atomic E-state index is 0.0734. The van der Waals surface area contributed by atoms with Crippen LogP contribution in [0, 0.1) is 5.92 Å². The van der Waals surface area contributed by atoms with Crippen molar-refractivity contribution < 1.29 is 22.7 Å². The maximum absolute atomic E-state index is 12.3. The van der Waals surface area contributed by atoms with Crippen molar-refractivity contribution in [1.29, 1.82) is 0 Å². The van der Waals surface area contributed by atoms with E-state index >= 15 is 0 Å². The number of hydrogen-bond donors (Lipinski definition) is 1. The molecule has 1 fully saturated rings. The minimum Gasteiger partial charge on any atom is -0.431 e. The molecule has 1 saturated heterocycles. The van der Waals surface area contributed by atoms with Crippen molar-refractivity contribution in [2.45, 2.75) is 25.6 Å². The van der Waals surface area contributed by atoms with E-state index in [-0.39, 0.29) is 12.5 Å². The summed E-state index contributed by atoms with van der Waals surface area (Å²) >= 11 is 1.50. The number of hydrogen-bond acceptors (Lipinski definition) is 5. The number of alkyl halides is 3. The minimum atomic E-state index is -4.82. The predicted octanol–water partition coefficient (Wildman–Crippen LogP) is 4.98. The van der Waals surface area contributed by atoms with Gasteiger partial charge < -0.3 is 10.1 Å². The molecule has 0 saturated carbocycles. The largest absolute Gasteiger partial charge is 0.471 e. The second-order valence-corrected chi connectivity index (χ2v) is 8.61. The molecule has 5 nitrogen and oxygen atoms in total. The first-order valence-corrected chi connectivity index (χ1v) is 10.9. The van der Waals surface area contributed by atoms with E-state index in [0.717, 1.165) is 54.0 Å². The topological polar surface area (TPSA) is 54.5 Å². The summed E-state index contributed by atoms with van der Waals surface area (Å²) in [6, 6.07) is 15.7. The number of nitrogens with zero attached hydrogens (tertiary/aromatic N) is 2. The number of piperidine rings is 1. The standard InChI is InChI=1S/C22H22F3N3O2S/c23-22(24,25)20(29)26-13-15-9-11-28(12-10-15)14-16-5-7-17(8-6-16)30-21-27-18-3-1-2-4-19(18)31-21/h1-8,15H,9-14H2,(H,26,29). The van der Waals surface area contributed by atoms with Crippen LogP contribution in [-0.4, -0.2) is 41.6 Å². The first-order valence-electron chi connectivity index (χ1n) is 10.1. The summed E-state index contributed by atoms with van der Waals surface area (Å²) in [6.07, 6.45) is -3.29. The number of likely N-dealkylation sites (tertiary alicyclic amines) is 1. The van der Waals surface area contributed by atoms with Crippen molar-refractivity contribution in [1.82, 2.24) is 15.2 Å². The maximum Gasteiger partial charge on any atom is 0.471 e. The zero-order chi connectivity index (χ0) is 21.8. The molecule has 164 valence electrons. The SMILES string of the molecule is O=C(NCC1CCN(Cc2ccc(Oc3nc4ccccc4s3)cc2)CC1)C(F)(F)F. The predicted molar refractivity (Wildman–Crippen MR) is 113 cm³/mol. The Bertz CT molecular complexity index is 995. The molecule has 0 atom stereocenters. The van der Waals surface area contributed by atoms with Gasteiger partial charge in [0.1, 0.15) is 5.75 Å². The lowest BCUT2D eigenvalue weighted by molar-refractivity contribution is -0.173. The van der Waals surface area contributed by atoms with E-state index in [4.69, 9.17) is 4.74 Å². The quantitative estimate of drug-likeness (QED) is 0.577. The van der Waals surface area contributed by atoms with Crippen LogP contribution in [-0.2, 0) is 11.3 Å². The normalized spacial score (nSPS) is 15.8. The molecular formula is C22H22F3N3O2S. The number of fused-ring (bicyclic) bond motifs is 1. The molecule has 31 heavy (non-hydrogen) atoms. The third-order valence-electron chi connectivity index (χ3n) is 5.32.